The zero-order chi connectivity index (χ0) is 24.0. The molecule has 0 saturated heterocycles. The fourth-order valence-corrected chi connectivity index (χ4v) is 3.04. The van der Waals surface area contributed by atoms with E-state index in [2.05, 4.69) is 0 Å². The Kier molecular flexibility index (Phi) is 10.5. The normalized spacial score (nSPS) is 12.4. The number of aryl methyl sites for hydroxylation is 2. The number of ether oxygens (including phenoxy) is 1. The van der Waals surface area contributed by atoms with Gasteiger partial charge in [-0.2, -0.15) is 26.3 Å². The largest absolute Gasteiger partial charge is 0.493 e. The van der Waals surface area contributed by atoms with E-state index in [0.717, 1.165) is 18.2 Å². The van der Waals surface area contributed by atoms with Gasteiger partial charge in [0.05, 0.1) is 36.5 Å². The molecule has 2 aromatic rings. The van der Waals surface area contributed by atoms with Crippen molar-refractivity contribution < 1.29 is 41.3 Å². The summed E-state index contributed by atoms with van der Waals surface area (Å²) in [7, 11) is 0. The third kappa shape index (κ3) is 8.69. The summed E-state index contributed by atoms with van der Waals surface area (Å²) in [5.41, 5.74) is 3.41. The van der Waals surface area contributed by atoms with E-state index >= 15 is 0 Å². The highest BCUT2D eigenvalue weighted by atomic mass is 35.5. The Morgan fingerprint density at radius 2 is 1.45 bits per heavy atom. The summed E-state index contributed by atoms with van der Waals surface area (Å²) in [5.74, 6) is -0.381. The van der Waals surface area contributed by atoms with Crippen LogP contribution in [-0.4, -0.2) is 35.6 Å². The van der Waals surface area contributed by atoms with Gasteiger partial charge in [-0.15, -0.1) is 12.4 Å². The molecule has 4 nitrogen and oxygen atoms in total. The molecule has 0 amide bonds. The van der Waals surface area contributed by atoms with E-state index in [1.54, 1.807) is 0 Å². The number of nitrogens with two attached hydrogens (primary N) is 1. The molecule has 2 aromatic carbocycles. The summed E-state index contributed by atoms with van der Waals surface area (Å²) in [6.07, 6.45) is -8.52. The average molecular weight is 502 g/mol. The predicted octanol–water partition coefficient (Wildman–Crippen LogP) is 4.77. The number of alkyl halides is 6. The minimum Gasteiger partial charge on any atom is -0.493 e. The molecule has 0 aliphatic carbocycles. The standard InChI is InChI=1S/C22H25F6NO3.ClH/c23-21(24,25)17-5-1-3-15(11-17)4-2-10-32-19-7-6-16(12-18(19)22(26,27)28)8-9-20(29,13-30)14-31;/h1,3,5-7,11-12,30-31H,2,4,8-10,13-14,29H2;1H. The molecule has 0 aliphatic heterocycles. The summed E-state index contributed by atoms with van der Waals surface area (Å²) in [6.45, 7) is -1.13. The molecular formula is C22H26ClF6NO3. The maximum absolute atomic E-state index is 13.5. The highest BCUT2D eigenvalue weighted by molar-refractivity contribution is 5.85. The van der Waals surface area contributed by atoms with Crippen LogP contribution in [0, 0.1) is 0 Å². The van der Waals surface area contributed by atoms with Crippen molar-refractivity contribution in [1.29, 1.82) is 0 Å². The molecule has 2 rings (SSSR count). The molecule has 0 spiro atoms. The maximum atomic E-state index is 13.5. The minimum atomic E-state index is -4.68. The quantitative estimate of drug-likeness (QED) is 0.324. The molecule has 0 heterocycles. The molecular weight excluding hydrogens is 476 g/mol. The van der Waals surface area contributed by atoms with Crippen LogP contribution in [0.3, 0.4) is 0 Å². The first-order chi connectivity index (χ1) is 14.9. The summed E-state index contributed by atoms with van der Waals surface area (Å²) >= 11 is 0. The second-order valence-corrected chi connectivity index (χ2v) is 7.66. The summed E-state index contributed by atoms with van der Waals surface area (Å²) in [4.78, 5) is 0. The number of aliphatic hydroxyl groups excluding tert-OH is 2. The van der Waals surface area contributed by atoms with Crippen LogP contribution in [0.1, 0.15) is 35.1 Å². The molecule has 0 bridgehead atoms. The number of aliphatic hydroxyl groups is 2. The number of hydrogen-bond acceptors (Lipinski definition) is 4. The Labute approximate surface area is 193 Å². The van der Waals surface area contributed by atoms with Crippen molar-refractivity contribution in [3.8, 4) is 5.75 Å². The van der Waals surface area contributed by atoms with Gasteiger partial charge in [0.2, 0.25) is 0 Å². The van der Waals surface area contributed by atoms with E-state index in [1.165, 1.54) is 24.3 Å². The predicted molar refractivity (Wildman–Crippen MR) is 113 cm³/mol. The van der Waals surface area contributed by atoms with Gasteiger partial charge in [-0.25, -0.2) is 0 Å². The number of halogens is 7. The molecule has 0 fully saturated rings. The lowest BCUT2D eigenvalue weighted by Gasteiger charge is -2.24. The summed E-state index contributed by atoms with van der Waals surface area (Å²) in [6, 6.07) is 8.30. The Bertz CT molecular complexity index is 885. The lowest BCUT2D eigenvalue weighted by molar-refractivity contribution is -0.139. The zero-order valence-corrected chi connectivity index (χ0v) is 18.4. The topological polar surface area (TPSA) is 75.7 Å². The first-order valence-electron chi connectivity index (χ1n) is 9.87. The van der Waals surface area contributed by atoms with Gasteiger partial charge in [0.15, 0.2) is 0 Å². The molecule has 0 aliphatic rings. The molecule has 0 aromatic heterocycles. The van der Waals surface area contributed by atoms with Gasteiger partial charge < -0.3 is 20.7 Å². The van der Waals surface area contributed by atoms with Gasteiger partial charge in [-0.3, -0.25) is 0 Å². The molecule has 0 saturated carbocycles. The van der Waals surface area contributed by atoms with Crippen molar-refractivity contribution in [3.63, 3.8) is 0 Å². The smallest absolute Gasteiger partial charge is 0.419 e. The highest BCUT2D eigenvalue weighted by Crippen LogP contribution is 2.37. The molecule has 0 radical (unpaired) electrons. The van der Waals surface area contributed by atoms with Gasteiger partial charge in [0.1, 0.15) is 5.75 Å². The Morgan fingerprint density at radius 1 is 0.818 bits per heavy atom. The number of hydrogen-bond donors (Lipinski definition) is 3. The van der Waals surface area contributed by atoms with E-state index in [1.807, 2.05) is 0 Å². The first-order valence-corrected chi connectivity index (χ1v) is 9.87. The monoisotopic (exact) mass is 501 g/mol. The van der Waals surface area contributed by atoms with Crippen molar-refractivity contribution in [2.45, 2.75) is 43.6 Å². The van der Waals surface area contributed by atoms with Gasteiger partial charge in [0.25, 0.3) is 0 Å². The van der Waals surface area contributed by atoms with Crippen molar-refractivity contribution in [3.05, 3.63) is 64.7 Å². The van der Waals surface area contributed by atoms with Crippen molar-refractivity contribution in [2.24, 2.45) is 5.73 Å². The molecule has 186 valence electrons. The Balaban J connectivity index is 0.00000544. The van der Waals surface area contributed by atoms with Gasteiger partial charge in [-0.05, 0) is 55.0 Å². The fraction of sp³-hybridized carbons (Fsp3) is 0.455. The van der Waals surface area contributed by atoms with E-state index in [-0.39, 0.29) is 50.4 Å². The SMILES string of the molecule is Cl.NC(CO)(CO)CCc1ccc(OCCCc2cccc(C(F)(F)F)c2)c(C(F)(F)F)c1. The number of rotatable bonds is 10. The van der Waals surface area contributed by atoms with Crippen LogP contribution in [0.2, 0.25) is 0 Å². The van der Waals surface area contributed by atoms with Crippen LogP contribution in [0.25, 0.3) is 0 Å². The first kappa shape index (κ1) is 29.0. The van der Waals surface area contributed by atoms with Crippen LogP contribution in [0.4, 0.5) is 26.3 Å². The van der Waals surface area contributed by atoms with Crippen LogP contribution in [-0.2, 0) is 25.2 Å². The molecule has 33 heavy (non-hydrogen) atoms. The van der Waals surface area contributed by atoms with Crippen LogP contribution >= 0.6 is 12.4 Å². The summed E-state index contributed by atoms with van der Waals surface area (Å²) < 4.78 is 84.0. The number of benzene rings is 2. The minimum absolute atomic E-state index is 0. The maximum Gasteiger partial charge on any atom is 0.419 e. The van der Waals surface area contributed by atoms with Crippen LogP contribution < -0.4 is 10.5 Å². The van der Waals surface area contributed by atoms with Gasteiger partial charge in [-0.1, -0.05) is 24.3 Å². The molecule has 11 heteroatoms. The van der Waals surface area contributed by atoms with Crippen molar-refractivity contribution in [2.75, 3.05) is 19.8 Å². The second-order valence-electron chi connectivity index (χ2n) is 7.66. The Hall–Kier alpha value is -2.01. The third-order valence-corrected chi connectivity index (χ3v) is 5.01. The van der Waals surface area contributed by atoms with Gasteiger partial charge >= 0.3 is 12.4 Å². The third-order valence-electron chi connectivity index (χ3n) is 5.01. The summed E-state index contributed by atoms with van der Waals surface area (Å²) in [5, 5.41) is 18.4. The lowest BCUT2D eigenvalue weighted by atomic mass is 9.93. The second kappa shape index (κ2) is 11.9. The van der Waals surface area contributed by atoms with Gasteiger partial charge in [0, 0.05) is 0 Å². The van der Waals surface area contributed by atoms with Crippen LogP contribution in [0.5, 0.6) is 5.75 Å². The zero-order valence-electron chi connectivity index (χ0n) is 17.5. The Morgan fingerprint density at radius 3 is 2.03 bits per heavy atom. The van der Waals surface area contributed by atoms with Crippen LogP contribution in [0.15, 0.2) is 42.5 Å². The molecule has 0 unspecified atom stereocenters. The van der Waals surface area contributed by atoms with E-state index in [0.29, 0.717) is 11.1 Å². The molecule has 4 N–H and O–H groups in total. The highest BCUT2D eigenvalue weighted by Gasteiger charge is 2.35. The van der Waals surface area contributed by atoms with Crippen molar-refractivity contribution in [1.82, 2.24) is 0 Å². The lowest BCUT2D eigenvalue weighted by Crippen LogP contribution is -2.47. The van der Waals surface area contributed by atoms with E-state index in [4.69, 9.17) is 10.5 Å². The van der Waals surface area contributed by atoms with E-state index < -0.39 is 42.2 Å². The fourth-order valence-electron chi connectivity index (χ4n) is 3.04. The van der Waals surface area contributed by atoms with Crippen molar-refractivity contribution >= 4 is 12.4 Å². The molecule has 0 atom stereocenters. The van der Waals surface area contributed by atoms with E-state index in [9.17, 15) is 36.6 Å². The average Bonchev–Trinajstić information content (AvgIpc) is 2.74.